The van der Waals surface area contributed by atoms with Crippen molar-refractivity contribution in [1.82, 2.24) is 0 Å². The molecule has 0 unspecified atom stereocenters. The van der Waals surface area contributed by atoms with Crippen LogP contribution >= 0.6 is 0 Å². The number of carbonyl (C=O) groups is 2. The van der Waals surface area contributed by atoms with E-state index < -0.39 is 11.7 Å². The zero-order valence-corrected chi connectivity index (χ0v) is 11.5. The van der Waals surface area contributed by atoms with E-state index >= 15 is 0 Å². The van der Waals surface area contributed by atoms with Gasteiger partial charge in [0.25, 0.3) is 5.78 Å². The maximum absolute atomic E-state index is 12.0. The molecule has 106 valence electrons. The van der Waals surface area contributed by atoms with Gasteiger partial charge in [0.1, 0.15) is 5.75 Å². The van der Waals surface area contributed by atoms with Crippen LogP contribution in [0.1, 0.15) is 10.4 Å². The number of Topliss-reactive ketones (excluding diaryl/α,β-unsaturated/α-hetero) is 1. The van der Waals surface area contributed by atoms with Crippen molar-refractivity contribution >= 4 is 23.1 Å². The van der Waals surface area contributed by atoms with E-state index in [1.54, 1.807) is 31.4 Å². The van der Waals surface area contributed by atoms with Gasteiger partial charge in [0, 0.05) is 0 Å². The van der Waals surface area contributed by atoms with Gasteiger partial charge in [0.15, 0.2) is 0 Å². The monoisotopic (exact) mass is 282 g/mol. The van der Waals surface area contributed by atoms with E-state index in [0.717, 1.165) is 5.69 Å². The first-order valence-electron chi connectivity index (χ1n) is 6.54. The minimum absolute atomic E-state index is 0.210. The van der Waals surface area contributed by atoms with Gasteiger partial charge in [-0.1, -0.05) is 24.3 Å². The first-order chi connectivity index (χ1) is 10.2. The van der Waals surface area contributed by atoms with Gasteiger partial charge in [-0.15, -0.1) is 0 Å². The number of methoxy groups -OCH3 is 1. The topological polar surface area (TPSA) is 58.6 Å². The summed E-state index contributed by atoms with van der Waals surface area (Å²) in [4.78, 5) is 25.4. The van der Waals surface area contributed by atoms with Gasteiger partial charge in [-0.3, -0.25) is 14.5 Å². The van der Waals surface area contributed by atoms with Crippen LogP contribution in [0.3, 0.4) is 0 Å². The number of para-hydroxylation sites is 3. The average molecular weight is 282 g/mol. The molecule has 5 nitrogen and oxygen atoms in total. The number of nitrogens with one attached hydrogen (secondary N) is 1. The van der Waals surface area contributed by atoms with Crippen molar-refractivity contribution in [3.05, 3.63) is 54.1 Å². The third kappa shape index (κ3) is 2.23. The Morgan fingerprint density at radius 1 is 1.05 bits per heavy atom. The highest BCUT2D eigenvalue weighted by Crippen LogP contribution is 2.29. The number of hydrogen-bond acceptors (Lipinski definition) is 4. The Labute approximate surface area is 122 Å². The van der Waals surface area contributed by atoms with Crippen LogP contribution in [0.25, 0.3) is 0 Å². The van der Waals surface area contributed by atoms with E-state index in [1.807, 2.05) is 24.3 Å². The van der Waals surface area contributed by atoms with E-state index in [2.05, 4.69) is 5.32 Å². The molecule has 0 atom stereocenters. The lowest BCUT2D eigenvalue weighted by atomic mass is 10.1. The minimum Gasteiger partial charge on any atom is -0.495 e. The SMILES string of the molecule is COc1ccccc1NCN1C(=O)C(=O)c2ccccc21. The number of ketones is 1. The van der Waals surface area contributed by atoms with Crippen molar-refractivity contribution < 1.29 is 14.3 Å². The van der Waals surface area contributed by atoms with Crippen molar-refractivity contribution in [2.45, 2.75) is 0 Å². The molecule has 1 amide bonds. The molecular formula is C16H14N2O3. The van der Waals surface area contributed by atoms with E-state index in [9.17, 15) is 9.59 Å². The molecule has 0 saturated heterocycles. The van der Waals surface area contributed by atoms with Gasteiger partial charge in [0.05, 0.1) is 30.7 Å². The van der Waals surface area contributed by atoms with Crippen LogP contribution in [0.2, 0.25) is 0 Å². The number of anilines is 2. The molecule has 0 bridgehead atoms. The van der Waals surface area contributed by atoms with Crippen LogP contribution in [0.4, 0.5) is 11.4 Å². The third-order valence-electron chi connectivity index (χ3n) is 3.41. The lowest BCUT2D eigenvalue weighted by molar-refractivity contribution is -0.114. The fourth-order valence-corrected chi connectivity index (χ4v) is 2.36. The summed E-state index contributed by atoms with van der Waals surface area (Å²) in [6.45, 7) is 0.210. The van der Waals surface area contributed by atoms with Crippen molar-refractivity contribution in [2.24, 2.45) is 0 Å². The highest BCUT2D eigenvalue weighted by Gasteiger charge is 2.35. The number of hydrogen-bond donors (Lipinski definition) is 1. The summed E-state index contributed by atoms with van der Waals surface area (Å²) in [6.07, 6.45) is 0. The van der Waals surface area contributed by atoms with Crippen LogP contribution in [-0.2, 0) is 4.79 Å². The largest absolute Gasteiger partial charge is 0.495 e. The Hall–Kier alpha value is -2.82. The summed E-state index contributed by atoms with van der Waals surface area (Å²) in [6, 6.07) is 14.4. The Kier molecular flexibility index (Phi) is 3.31. The van der Waals surface area contributed by atoms with Crippen LogP contribution in [0, 0.1) is 0 Å². The molecule has 0 aromatic heterocycles. The quantitative estimate of drug-likeness (QED) is 0.874. The predicted molar refractivity (Wildman–Crippen MR) is 79.7 cm³/mol. The van der Waals surface area contributed by atoms with Crippen molar-refractivity contribution in [2.75, 3.05) is 24.0 Å². The van der Waals surface area contributed by atoms with Gasteiger partial charge in [-0.25, -0.2) is 0 Å². The molecule has 0 aliphatic carbocycles. The molecule has 21 heavy (non-hydrogen) atoms. The lowest BCUT2D eigenvalue weighted by Gasteiger charge is -2.19. The van der Waals surface area contributed by atoms with Crippen molar-refractivity contribution in [3.8, 4) is 5.75 Å². The fourth-order valence-electron chi connectivity index (χ4n) is 2.36. The second-order valence-electron chi connectivity index (χ2n) is 4.61. The second-order valence-corrected chi connectivity index (χ2v) is 4.61. The van der Waals surface area contributed by atoms with Gasteiger partial charge < -0.3 is 10.1 Å². The molecule has 1 aliphatic rings. The maximum atomic E-state index is 12.0. The summed E-state index contributed by atoms with van der Waals surface area (Å²) in [5.41, 5.74) is 1.85. The first-order valence-corrected chi connectivity index (χ1v) is 6.54. The number of nitrogens with zero attached hydrogens (tertiary/aromatic N) is 1. The normalized spacial score (nSPS) is 13.3. The zero-order valence-electron chi connectivity index (χ0n) is 11.5. The number of carbonyl (C=O) groups excluding carboxylic acids is 2. The minimum atomic E-state index is -0.515. The molecule has 0 fully saturated rings. The van der Waals surface area contributed by atoms with Gasteiger partial charge in [-0.2, -0.15) is 0 Å². The van der Waals surface area contributed by atoms with E-state index in [1.165, 1.54) is 4.90 Å². The Balaban J connectivity index is 1.83. The van der Waals surface area contributed by atoms with E-state index in [4.69, 9.17) is 4.74 Å². The lowest BCUT2D eigenvalue weighted by Crippen LogP contribution is -2.34. The predicted octanol–water partition coefficient (Wildman–Crippen LogP) is 2.29. The summed E-state index contributed by atoms with van der Waals surface area (Å²) in [5.74, 6) is -0.296. The van der Waals surface area contributed by atoms with E-state index in [0.29, 0.717) is 17.0 Å². The Bertz CT molecular complexity index is 712. The van der Waals surface area contributed by atoms with Gasteiger partial charge in [0.2, 0.25) is 0 Å². The number of ether oxygens (including phenoxy) is 1. The Morgan fingerprint density at radius 2 is 1.76 bits per heavy atom. The molecule has 5 heteroatoms. The molecule has 0 spiro atoms. The third-order valence-corrected chi connectivity index (χ3v) is 3.41. The number of rotatable bonds is 4. The van der Waals surface area contributed by atoms with E-state index in [-0.39, 0.29) is 6.67 Å². The average Bonchev–Trinajstić information content (AvgIpc) is 2.78. The Morgan fingerprint density at radius 3 is 2.57 bits per heavy atom. The number of fused-ring (bicyclic) bond motifs is 1. The van der Waals surface area contributed by atoms with Crippen molar-refractivity contribution in [1.29, 1.82) is 0 Å². The van der Waals surface area contributed by atoms with Crippen LogP contribution < -0.4 is 15.0 Å². The molecule has 1 N–H and O–H groups in total. The first kappa shape index (κ1) is 13.2. The zero-order chi connectivity index (χ0) is 14.8. The van der Waals surface area contributed by atoms with Crippen LogP contribution in [-0.4, -0.2) is 25.5 Å². The highest BCUT2D eigenvalue weighted by molar-refractivity contribution is 6.52. The van der Waals surface area contributed by atoms with Crippen molar-refractivity contribution in [3.63, 3.8) is 0 Å². The molecule has 2 aromatic carbocycles. The van der Waals surface area contributed by atoms with Crippen LogP contribution in [0.5, 0.6) is 5.75 Å². The second kappa shape index (κ2) is 5.28. The summed E-state index contributed by atoms with van der Waals surface area (Å²) < 4.78 is 5.25. The standard InChI is InChI=1S/C16H14N2O3/c1-21-14-9-5-3-7-12(14)17-10-18-13-8-4-2-6-11(13)15(19)16(18)20/h2-9,17H,10H2,1H3. The highest BCUT2D eigenvalue weighted by atomic mass is 16.5. The molecule has 2 aromatic rings. The summed E-state index contributed by atoms with van der Waals surface area (Å²) in [5, 5.41) is 3.13. The fraction of sp³-hybridized carbons (Fsp3) is 0.125. The summed E-state index contributed by atoms with van der Waals surface area (Å²) in [7, 11) is 1.58. The molecule has 3 rings (SSSR count). The molecule has 0 saturated carbocycles. The molecule has 0 radical (unpaired) electrons. The van der Waals surface area contributed by atoms with Crippen LogP contribution in [0.15, 0.2) is 48.5 Å². The number of amides is 1. The number of benzene rings is 2. The summed E-state index contributed by atoms with van der Waals surface area (Å²) >= 11 is 0. The van der Waals surface area contributed by atoms with Gasteiger partial charge >= 0.3 is 5.91 Å². The molecule has 1 heterocycles. The smallest absolute Gasteiger partial charge is 0.300 e. The maximum Gasteiger partial charge on any atom is 0.300 e. The molecular weight excluding hydrogens is 268 g/mol. The molecule has 1 aliphatic heterocycles. The van der Waals surface area contributed by atoms with Gasteiger partial charge in [-0.05, 0) is 24.3 Å².